The average Bonchev–Trinajstić information content (AvgIpc) is 2.34. The maximum absolute atomic E-state index is 13.7. The number of benzene rings is 1. The molecule has 0 aliphatic heterocycles. The van der Waals surface area contributed by atoms with Crippen LogP contribution in [0.1, 0.15) is 32.8 Å². The Balaban J connectivity index is 2.89. The molecule has 1 aromatic rings. The van der Waals surface area contributed by atoms with E-state index in [1.165, 1.54) is 13.0 Å². The zero-order valence-corrected chi connectivity index (χ0v) is 14.0. The quantitative estimate of drug-likeness (QED) is 0.797. The second-order valence-electron chi connectivity index (χ2n) is 4.49. The van der Waals surface area contributed by atoms with Crippen molar-refractivity contribution in [1.29, 1.82) is 0 Å². The molecule has 0 aromatic heterocycles. The van der Waals surface area contributed by atoms with Crippen molar-refractivity contribution in [3.63, 3.8) is 0 Å². The Morgan fingerprint density at radius 2 is 2.20 bits per heavy atom. The molecule has 110 valence electrons. The molecule has 0 spiro atoms. The molecular formula is C14H17BrFNO2S. The lowest BCUT2D eigenvalue weighted by Crippen LogP contribution is -2.15. The van der Waals surface area contributed by atoms with Crippen molar-refractivity contribution in [2.75, 3.05) is 5.32 Å². The summed E-state index contributed by atoms with van der Waals surface area (Å²) in [6.45, 7) is 5.28. The summed E-state index contributed by atoms with van der Waals surface area (Å²) in [4.78, 5) is 11.0. The number of carbonyl (C=O) groups is 1. The number of ether oxygens (including phenoxy) is 1. The minimum absolute atomic E-state index is 0.0524. The van der Waals surface area contributed by atoms with Crippen LogP contribution in [-0.4, -0.2) is 17.1 Å². The number of carbonyl (C=O) groups excluding carboxylic acids is 1. The summed E-state index contributed by atoms with van der Waals surface area (Å²) in [5.74, 6) is -0.819. The standard InChI is InChI=1S/C14H17BrFNO2S/c1-4-8(2)19-14(20)6-10-5-13(17-9(3)18)12(16)7-11(10)15/h5,7-8H,4,6H2,1-3H3,(H,17,18). The van der Waals surface area contributed by atoms with Gasteiger partial charge in [0.2, 0.25) is 5.91 Å². The summed E-state index contributed by atoms with van der Waals surface area (Å²) in [5, 5.41) is 2.89. The molecule has 1 amide bonds. The molecule has 1 N–H and O–H groups in total. The summed E-state index contributed by atoms with van der Waals surface area (Å²) in [6.07, 6.45) is 1.30. The van der Waals surface area contributed by atoms with Crippen molar-refractivity contribution in [2.45, 2.75) is 39.7 Å². The van der Waals surface area contributed by atoms with E-state index in [-0.39, 0.29) is 17.7 Å². The summed E-state index contributed by atoms with van der Waals surface area (Å²) >= 11 is 8.47. The van der Waals surface area contributed by atoms with Gasteiger partial charge in [0.05, 0.1) is 11.8 Å². The van der Waals surface area contributed by atoms with Gasteiger partial charge in [-0.25, -0.2) is 4.39 Å². The van der Waals surface area contributed by atoms with Gasteiger partial charge in [0.15, 0.2) is 5.05 Å². The van der Waals surface area contributed by atoms with E-state index in [4.69, 9.17) is 17.0 Å². The van der Waals surface area contributed by atoms with Crippen LogP contribution in [0.15, 0.2) is 16.6 Å². The second-order valence-corrected chi connectivity index (χ2v) is 5.80. The van der Waals surface area contributed by atoms with Gasteiger partial charge in [-0.3, -0.25) is 4.79 Å². The van der Waals surface area contributed by atoms with E-state index >= 15 is 0 Å². The van der Waals surface area contributed by atoms with Crippen molar-refractivity contribution in [1.82, 2.24) is 0 Å². The highest BCUT2D eigenvalue weighted by Gasteiger charge is 2.12. The molecular weight excluding hydrogens is 345 g/mol. The Morgan fingerprint density at radius 1 is 1.55 bits per heavy atom. The van der Waals surface area contributed by atoms with Crippen molar-refractivity contribution in [3.05, 3.63) is 28.0 Å². The smallest absolute Gasteiger partial charge is 0.221 e. The average molecular weight is 362 g/mol. The molecule has 20 heavy (non-hydrogen) atoms. The van der Waals surface area contributed by atoms with Crippen molar-refractivity contribution in [2.24, 2.45) is 0 Å². The zero-order valence-electron chi connectivity index (χ0n) is 11.6. The maximum Gasteiger partial charge on any atom is 0.221 e. The molecule has 0 heterocycles. The van der Waals surface area contributed by atoms with Gasteiger partial charge in [0, 0.05) is 17.8 Å². The normalized spacial score (nSPS) is 11.8. The van der Waals surface area contributed by atoms with Gasteiger partial charge < -0.3 is 10.1 Å². The highest BCUT2D eigenvalue weighted by Crippen LogP contribution is 2.25. The molecule has 0 radical (unpaired) electrons. The second kappa shape index (κ2) is 7.69. The minimum Gasteiger partial charge on any atom is -0.484 e. The van der Waals surface area contributed by atoms with Crippen LogP contribution in [0.4, 0.5) is 10.1 Å². The van der Waals surface area contributed by atoms with Gasteiger partial charge in [-0.2, -0.15) is 0 Å². The molecule has 0 saturated carbocycles. The van der Waals surface area contributed by atoms with Crippen LogP contribution in [0, 0.1) is 5.82 Å². The van der Waals surface area contributed by atoms with Gasteiger partial charge in [0.25, 0.3) is 0 Å². The molecule has 6 heteroatoms. The summed E-state index contributed by atoms with van der Waals surface area (Å²) in [5.41, 5.74) is 0.908. The van der Waals surface area contributed by atoms with Crippen molar-refractivity contribution < 1.29 is 13.9 Å². The Bertz CT molecular complexity index is 522. The lowest BCUT2D eigenvalue weighted by Gasteiger charge is -2.15. The highest BCUT2D eigenvalue weighted by atomic mass is 79.9. The van der Waals surface area contributed by atoms with Crippen LogP contribution in [0.5, 0.6) is 0 Å². The largest absolute Gasteiger partial charge is 0.484 e. The number of anilines is 1. The number of thiocarbonyl (C=S) groups is 1. The lowest BCUT2D eigenvalue weighted by atomic mass is 10.1. The Hall–Kier alpha value is -1.01. The van der Waals surface area contributed by atoms with Crippen LogP contribution < -0.4 is 5.32 Å². The molecule has 1 rings (SSSR count). The van der Waals surface area contributed by atoms with Crippen LogP contribution in [0.2, 0.25) is 0 Å². The molecule has 0 aliphatic rings. The molecule has 0 saturated heterocycles. The first kappa shape index (κ1) is 17.0. The predicted molar refractivity (Wildman–Crippen MR) is 85.5 cm³/mol. The first-order valence-electron chi connectivity index (χ1n) is 6.28. The molecule has 0 fully saturated rings. The topological polar surface area (TPSA) is 38.3 Å². The predicted octanol–water partition coefficient (Wildman–Crippen LogP) is 4.23. The summed E-state index contributed by atoms with van der Waals surface area (Å²) < 4.78 is 19.8. The monoisotopic (exact) mass is 361 g/mol. The van der Waals surface area contributed by atoms with Crippen molar-refractivity contribution in [3.8, 4) is 0 Å². The van der Waals surface area contributed by atoms with Gasteiger partial charge >= 0.3 is 0 Å². The van der Waals surface area contributed by atoms with E-state index < -0.39 is 5.82 Å². The molecule has 1 atom stereocenters. The Morgan fingerprint density at radius 3 is 2.75 bits per heavy atom. The molecule has 0 bridgehead atoms. The van der Waals surface area contributed by atoms with E-state index in [9.17, 15) is 9.18 Å². The first-order valence-corrected chi connectivity index (χ1v) is 7.48. The highest BCUT2D eigenvalue weighted by molar-refractivity contribution is 9.10. The van der Waals surface area contributed by atoms with Gasteiger partial charge in [-0.15, -0.1) is 0 Å². The summed E-state index contributed by atoms with van der Waals surface area (Å²) in [7, 11) is 0. The van der Waals surface area contributed by atoms with Crippen LogP contribution >= 0.6 is 28.1 Å². The number of nitrogens with one attached hydrogen (secondary N) is 1. The summed E-state index contributed by atoms with van der Waals surface area (Å²) in [6, 6.07) is 2.87. The Labute approximate surface area is 132 Å². The van der Waals surface area contributed by atoms with Gasteiger partial charge in [-0.1, -0.05) is 22.9 Å². The number of rotatable bonds is 5. The number of amides is 1. The van der Waals surface area contributed by atoms with Crippen LogP contribution in [0.3, 0.4) is 0 Å². The zero-order chi connectivity index (χ0) is 15.3. The Kier molecular flexibility index (Phi) is 6.55. The lowest BCUT2D eigenvalue weighted by molar-refractivity contribution is -0.114. The molecule has 1 aromatic carbocycles. The fourth-order valence-corrected chi connectivity index (χ4v) is 2.30. The van der Waals surface area contributed by atoms with E-state index in [1.807, 2.05) is 13.8 Å². The van der Waals surface area contributed by atoms with E-state index in [2.05, 4.69) is 21.2 Å². The third-order valence-electron chi connectivity index (χ3n) is 2.69. The van der Waals surface area contributed by atoms with E-state index in [0.717, 1.165) is 12.0 Å². The van der Waals surface area contributed by atoms with Gasteiger partial charge in [-0.05, 0) is 43.3 Å². The maximum atomic E-state index is 13.7. The third kappa shape index (κ3) is 5.17. The van der Waals surface area contributed by atoms with Crippen LogP contribution in [0.25, 0.3) is 0 Å². The minimum atomic E-state index is -0.496. The van der Waals surface area contributed by atoms with E-state index in [1.54, 1.807) is 6.07 Å². The molecule has 0 aliphatic carbocycles. The number of hydrogen-bond donors (Lipinski definition) is 1. The molecule has 3 nitrogen and oxygen atoms in total. The van der Waals surface area contributed by atoms with Gasteiger partial charge in [0.1, 0.15) is 5.82 Å². The fraction of sp³-hybridized carbons (Fsp3) is 0.429. The third-order valence-corrected chi connectivity index (χ3v) is 3.67. The SMILES string of the molecule is CCC(C)OC(=S)Cc1cc(NC(C)=O)c(F)cc1Br. The van der Waals surface area contributed by atoms with E-state index in [0.29, 0.717) is 15.9 Å². The van der Waals surface area contributed by atoms with Crippen LogP contribution in [-0.2, 0) is 16.0 Å². The van der Waals surface area contributed by atoms with Crippen molar-refractivity contribution >= 4 is 44.8 Å². The number of halogens is 2. The molecule has 1 unspecified atom stereocenters. The fourth-order valence-electron chi connectivity index (χ4n) is 1.52. The number of hydrogen-bond acceptors (Lipinski definition) is 3. The first-order chi connectivity index (χ1) is 9.33.